The molecule has 0 radical (unpaired) electrons. The van der Waals surface area contributed by atoms with Crippen LogP contribution in [0.15, 0.2) is 18.2 Å². The summed E-state index contributed by atoms with van der Waals surface area (Å²) in [6.07, 6.45) is 3.32. The van der Waals surface area contributed by atoms with Crippen LogP contribution in [0.4, 0.5) is 4.39 Å². The molecular weight excluding hydrogens is 215 g/mol. The van der Waals surface area contributed by atoms with Crippen LogP contribution in [0.2, 0.25) is 5.02 Å². The van der Waals surface area contributed by atoms with Crippen LogP contribution in [-0.2, 0) is 6.42 Å². The highest BCUT2D eigenvalue weighted by Crippen LogP contribution is 2.34. The first kappa shape index (κ1) is 10.9. The van der Waals surface area contributed by atoms with Gasteiger partial charge in [-0.05, 0) is 55.4 Å². The molecule has 2 rings (SSSR count). The third-order valence-corrected chi connectivity index (χ3v) is 3.25. The number of aliphatic hydroxyl groups is 1. The minimum Gasteiger partial charge on any atom is -0.393 e. The maximum atomic E-state index is 12.9. The monoisotopic (exact) mass is 228 g/mol. The zero-order chi connectivity index (χ0) is 10.8. The summed E-state index contributed by atoms with van der Waals surface area (Å²) in [6.45, 7) is 0. The Bertz CT molecular complexity index is 349. The highest BCUT2D eigenvalue weighted by atomic mass is 35.5. The van der Waals surface area contributed by atoms with Crippen molar-refractivity contribution in [3.05, 3.63) is 34.6 Å². The van der Waals surface area contributed by atoms with E-state index in [0.717, 1.165) is 18.4 Å². The van der Waals surface area contributed by atoms with Crippen LogP contribution in [0.1, 0.15) is 24.8 Å². The minimum absolute atomic E-state index is 0.246. The zero-order valence-electron chi connectivity index (χ0n) is 8.42. The van der Waals surface area contributed by atoms with E-state index in [0.29, 0.717) is 23.8 Å². The molecule has 0 heterocycles. The van der Waals surface area contributed by atoms with Crippen molar-refractivity contribution in [2.24, 2.45) is 5.92 Å². The van der Waals surface area contributed by atoms with Gasteiger partial charge in [-0.15, -0.1) is 0 Å². The molecule has 1 fully saturated rings. The van der Waals surface area contributed by atoms with Crippen molar-refractivity contribution in [2.45, 2.75) is 31.8 Å². The van der Waals surface area contributed by atoms with E-state index in [1.54, 1.807) is 6.07 Å². The van der Waals surface area contributed by atoms with Crippen LogP contribution in [0.5, 0.6) is 0 Å². The Hall–Kier alpha value is -0.600. The molecule has 0 bridgehead atoms. The lowest BCUT2D eigenvalue weighted by atomic mass is 10.0. The Labute approximate surface area is 93.9 Å². The summed E-state index contributed by atoms with van der Waals surface area (Å²) in [5.41, 5.74) is 0.788. The average Bonchev–Trinajstić information content (AvgIpc) is 3.02. The molecule has 0 aromatic heterocycles. The molecule has 3 heteroatoms. The summed E-state index contributed by atoms with van der Waals surface area (Å²) in [5, 5.41) is 10.3. The Kier molecular flexibility index (Phi) is 3.27. The van der Waals surface area contributed by atoms with Gasteiger partial charge >= 0.3 is 0 Å². The van der Waals surface area contributed by atoms with Crippen molar-refractivity contribution in [3.63, 3.8) is 0 Å². The van der Waals surface area contributed by atoms with Crippen molar-refractivity contribution >= 4 is 11.6 Å². The molecule has 1 nitrogen and oxygen atoms in total. The predicted molar refractivity (Wildman–Crippen MR) is 58.5 cm³/mol. The van der Waals surface area contributed by atoms with Crippen molar-refractivity contribution in [1.29, 1.82) is 0 Å². The number of hydrogen-bond donors (Lipinski definition) is 1. The first-order valence-corrected chi connectivity index (χ1v) is 5.66. The van der Waals surface area contributed by atoms with Crippen LogP contribution in [0.3, 0.4) is 0 Å². The molecule has 1 N–H and O–H groups in total. The topological polar surface area (TPSA) is 20.2 Å². The second-order valence-electron chi connectivity index (χ2n) is 4.18. The number of aryl methyl sites for hydroxylation is 1. The summed E-state index contributed by atoms with van der Waals surface area (Å²) in [6, 6.07) is 4.36. The maximum Gasteiger partial charge on any atom is 0.123 e. The maximum absolute atomic E-state index is 12.9. The van der Waals surface area contributed by atoms with E-state index >= 15 is 0 Å². The fraction of sp³-hybridized carbons (Fsp3) is 0.500. The van der Waals surface area contributed by atoms with Gasteiger partial charge in [-0.2, -0.15) is 0 Å². The largest absolute Gasteiger partial charge is 0.393 e. The number of benzene rings is 1. The molecular formula is C12H14ClFO. The van der Waals surface area contributed by atoms with Gasteiger partial charge in [0.2, 0.25) is 0 Å². The van der Waals surface area contributed by atoms with Crippen molar-refractivity contribution in [2.75, 3.05) is 0 Å². The molecule has 1 aliphatic carbocycles. The average molecular weight is 229 g/mol. The number of hydrogen-bond acceptors (Lipinski definition) is 1. The van der Waals surface area contributed by atoms with E-state index in [-0.39, 0.29) is 11.9 Å². The van der Waals surface area contributed by atoms with Gasteiger partial charge in [0.15, 0.2) is 0 Å². The van der Waals surface area contributed by atoms with E-state index in [1.807, 2.05) is 0 Å². The summed E-state index contributed by atoms with van der Waals surface area (Å²) in [5.74, 6) is 0.202. The second-order valence-corrected chi connectivity index (χ2v) is 4.59. The van der Waals surface area contributed by atoms with Gasteiger partial charge in [0.25, 0.3) is 0 Å². The standard InChI is InChI=1S/C12H14ClFO/c13-11-5-4-10(14)7-9(11)3-6-12(15)8-1-2-8/h4-5,7-8,12,15H,1-3,6H2. The molecule has 0 spiro atoms. The molecule has 0 aliphatic heterocycles. The van der Waals surface area contributed by atoms with E-state index in [9.17, 15) is 9.50 Å². The van der Waals surface area contributed by atoms with Crippen LogP contribution in [0.25, 0.3) is 0 Å². The van der Waals surface area contributed by atoms with Gasteiger partial charge in [-0.1, -0.05) is 11.6 Å². The van der Waals surface area contributed by atoms with Gasteiger partial charge < -0.3 is 5.11 Å². The van der Waals surface area contributed by atoms with E-state index < -0.39 is 0 Å². The lowest BCUT2D eigenvalue weighted by Crippen LogP contribution is -2.10. The van der Waals surface area contributed by atoms with Gasteiger partial charge in [0.05, 0.1) is 6.10 Å². The van der Waals surface area contributed by atoms with Gasteiger partial charge in [0, 0.05) is 5.02 Å². The quantitative estimate of drug-likeness (QED) is 0.839. The van der Waals surface area contributed by atoms with E-state index in [1.165, 1.54) is 12.1 Å². The van der Waals surface area contributed by atoms with Crippen LogP contribution in [0, 0.1) is 11.7 Å². The minimum atomic E-state index is -0.268. The summed E-state index contributed by atoms with van der Waals surface area (Å²) in [4.78, 5) is 0. The SMILES string of the molecule is OC(CCc1cc(F)ccc1Cl)C1CC1. The molecule has 1 saturated carbocycles. The molecule has 1 aromatic carbocycles. The third kappa shape index (κ3) is 2.93. The fourth-order valence-corrected chi connectivity index (χ4v) is 1.97. The molecule has 0 saturated heterocycles. The number of aliphatic hydroxyl groups excluding tert-OH is 1. The first-order chi connectivity index (χ1) is 7.16. The first-order valence-electron chi connectivity index (χ1n) is 5.29. The Morgan fingerprint density at radius 1 is 1.47 bits per heavy atom. The molecule has 1 atom stereocenters. The summed E-state index contributed by atoms with van der Waals surface area (Å²) in [7, 11) is 0. The smallest absolute Gasteiger partial charge is 0.123 e. The Morgan fingerprint density at radius 3 is 2.87 bits per heavy atom. The Morgan fingerprint density at radius 2 is 2.20 bits per heavy atom. The third-order valence-electron chi connectivity index (χ3n) is 2.88. The van der Waals surface area contributed by atoms with Crippen molar-refractivity contribution in [3.8, 4) is 0 Å². The van der Waals surface area contributed by atoms with Crippen LogP contribution in [-0.4, -0.2) is 11.2 Å². The van der Waals surface area contributed by atoms with Gasteiger partial charge in [-0.3, -0.25) is 0 Å². The Balaban J connectivity index is 1.94. The van der Waals surface area contributed by atoms with Crippen molar-refractivity contribution in [1.82, 2.24) is 0 Å². The highest BCUT2D eigenvalue weighted by molar-refractivity contribution is 6.31. The van der Waals surface area contributed by atoms with Gasteiger partial charge in [0.1, 0.15) is 5.82 Å². The lowest BCUT2D eigenvalue weighted by Gasteiger charge is -2.09. The second kappa shape index (κ2) is 4.50. The molecule has 15 heavy (non-hydrogen) atoms. The van der Waals surface area contributed by atoms with Crippen LogP contribution >= 0.6 is 11.6 Å². The van der Waals surface area contributed by atoms with E-state index in [2.05, 4.69) is 0 Å². The normalized spacial score (nSPS) is 17.8. The highest BCUT2D eigenvalue weighted by Gasteiger charge is 2.29. The van der Waals surface area contributed by atoms with Gasteiger partial charge in [-0.25, -0.2) is 4.39 Å². The molecule has 0 amide bonds. The summed E-state index contributed by atoms with van der Waals surface area (Å²) < 4.78 is 12.9. The number of halogens is 2. The molecule has 1 unspecified atom stereocenters. The number of rotatable bonds is 4. The van der Waals surface area contributed by atoms with Crippen LogP contribution < -0.4 is 0 Å². The van der Waals surface area contributed by atoms with Crippen molar-refractivity contribution < 1.29 is 9.50 Å². The summed E-state index contributed by atoms with van der Waals surface area (Å²) >= 11 is 5.93. The zero-order valence-corrected chi connectivity index (χ0v) is 9.17. The predicted octanol–water partition coefficient (Wildman–Crippen LogP) is 3.18. The van der Waals surface area contributed by atoms with E-state index in [4.69, 9.17) is 11.6 Å². The fourth-order valence-electron chi connectivity index (χ4n) is 1.75. The lowest BCUT2D eigenvalue weighted by molar-refractivity contribution is 0.142. The molecule has 1 aliphatic rings. The molecule has 82 valence electrons. The molecule has 1 aromatic rings.